The minimum atomic E-state index is -0.292. The monoisotopic (exact) mass is 262 g/mol. The highest BCUT2D eigenvalue weighted by Crippen LogP contribution is 2.22. The van der Waals surface area contributed by atoms with E-state index in [2.05, 4.69) is 9.72 Å². The summed E-state index contributed by atoms with van der Waals surface area (Å²) in [6.45, 7) is 0. The summed E-state index contributed by atoms with van der Waals surface area (Å²) in [5, 5.41) is 2.65. The number of nitrogens with two attached hydrogens (primary N) is 1. The van der Waals surface area contributed by atoms with E-state index in [1.807, 2.05) is 35.7 Å². The predicted molar refractivity (Wildman–Crippen MR) is 70.3 cm³/mol. The molecule has 2 aromatic rings. The van der Waals surface area contributed by atoms with Gasteiger partial charge in [0.15, 0.2) is 0 Å². The fraction of sp³-hybridized carbons (Fsp3) is 0.231. The lowest BCUT2D eigenvalue weighted by molar-refractivity contribution is -0.139. The Morgan fingerprint density at radius 1 is 1.44 bits per heavy atom. The first-order valence-electron chi connectivity index (χ1n) is 5.52. The van der Waals surface area contributed by atoms with Gasteiger partial charge >= 0.3 is 5.97 Å². The second-order valence-corrected chi connectivity index (χ2v) is 4.71. The summed E-state index contributed by atoms with van der Waals surface area (Å²) in [5.41, 5.74) is 7.84. The van der Waals surface area contributed by atoms with E-state index >= 15 is 0 Å². The van der Waals surface area contributed by atoms with Gasteiger partial charge < -0.3 is 10.5 Å². The zero-order chi connectivity index (χ0) is 13.0. The van der Waals surface area contributed by atoms with Crippen LogP contribution in [-0.4, -0.2) is 18.1 Å². The zero-order valence-corrected chi connectivity index (χ0v) is 10.8. The predicted octanol–water partition coefficient (Wildman–Crippen LogP) is 1.91. The summed E-state index contributed by atoms with van der Waals surface area (Å²) in [7, 11) is 1.37. The van der Waals surface area contributed by atoms with Crippen LogP contribution in [0.5, 0.6) is 0 Å². The molecule has 0 radical (unpaired) electrons. The Kier molecular flexibility index (Phi) is 4.07. The summed E-state index contributed by atoms with van der Waals surface area (Å²) in [5.74, 6) is -0.292. The van der Waals surface area contributed by atoms with E-state index in [1.165, 1.54) is 18.4 Å². The molecule has 0 fully saturated rings. The highest BCUT2D eigenvalue weighted by molar-refractivity contribution is 7.09. The van der Waals surface area contributed by atoms with Crippen LogP contribution >= 0.6 is 11.3 Å². The number of methoxy groups -OCH3 is 1. The third-order valence-corrected chi connectivity index (χ3v) is 3.52. The lowest BCUT2D eigenvalue weighted by atomic mass is 10.1. The maximum absolute atomic E-state index is 11.1. The number of esters is 1. The molecule has 2 rings (SSSR count). The van der Waals surface area contributed by atoms with Gasteiger partial charge in [-0.05, 0) is 5.56 Å². The second kappa shape index (κ2) is 5.75. The molecule has 4 nitrogen and oxygen atoms in total. The van der Waals surface area contributed by atoms with Crippen LogP contribution in [0.15, 0.2) is 35.7 Å². The Labute approximate surface area is 109 Å². The van der Waals surface area contributed by atoms with Gasteiger partial charge in [-0.2, -0.15) is 0 Å². The number of hydrogen-bond donors (Lipinski definition) is 1. The molecule has 1 unspecified atom stereocenters. The SMILES string of the molecule is COC(=O)Cc1csc(C(N)c2ccccc2)n1. The lowest BCUT2D eigenvalue weighted by Crippen LogP contribution is -2.12. The van der Waals surface area contributed by atoms with Crippen molar-refractivity contribution in [1.29, 1.82) is 0 Å². The van der Waals surface area contributed by atoms with Crippen molar-refractivity contribution in [3.63, 3.8) is 0 Å². The van der Waals surface area contributed by atoms with Crippen molar-refractivity contribution in [3.05, 3.63) is 52.0 Å². The first-order valence-corrected chi connectivity index (χ1v) is 6.40. The number of thiazole rings is 1. The topological polar surface area (TPSA) is 65.2 Å². The van der Waals surface area contributed by atoms with Crippen molar-refractivity contribution in [2.24, 2.45) is 5.73 Å². The Morgan fingerprint density at radius 3 is 2.83 bits per heavy atom. The third-order valence-electron chi connectivity index (χ3n) is 2.55. The number of aromatic nitrogens is 1. The van der Waals surface area contributed by atoms with Crippen LogP contribution in [0.1, 0.15) is 22.3 Å². The number of nitrogens with zero attached hydrogens (tertiary/aromatic N) is 1. The van der Waals surface area contributed by atoms with E-state index in [0.717, 1.165) is 10.6 Å². The average molecular weight is 262 g/mol. The number of ether oxygens (including phenoxy) is 1. The molecule has 94 valence electrons. The van der Waals surface area contributed by atoms with Crippen molar-refractivity contribution < 1.29 is 9.53 Å². The summed E-state index contributed by atoms with van der Waals surface area (Å²) in [6, 6.07) is 9.51. The van der Waals surface area contributed by atoms with Gasteiger partial charge in [-0.1, -0.05) is 30.3 Å². The van der Waals surface area contributed by atoms with Crippen LogP contribution in [0.2, 0.25) is 0 Å². The molecule has 18 heavy (non-hydrogen) atoms. The number of carbonyl (C=O) groups excluding carboxylic acids is 1. The molecule has 0 spiro atoms. The molecule has 0 amide bonds. The summed E-state index contributed by atoms with van der Waals surface area (Å²) < 4.78 is 4.60. The maximum Gasteiger partial charge on any atom is 0.311 e. The van der Waals surface area contributed by atoms with E-state index in [9.17, 15) is 4.79 Å². The van der Waals surface area contributed by atoms with Crippen LogP contribution in [0.4, 0.5) is 0 Å². The van der Waals surface area contributed by atoms with Gasteiger partial charge in [0.05, 0.1) is 25.3 Å². The fourth-order valence-electron chi connectivity index (χ4n) is 1.57. The summed E-state index contributed by atoms with van der Waals surface area (Å²) in [4.78, 5) is 15.5. The molecule has 1 heterocycles. The molecule has 0 bridgehead atoms. The van der Waals surface area contributed by atoms with Gasteiger partial charge in [0.2, 0.25) is 0 Å². The van der Waals surface area contributed by atoms with E-state index in [1.54, 1.807) is 0 Å². The normalized spacial score (nSPS) is 12.1. The van der Waals surface area contributed by atoms with Gasteiger partial charge in [0.1, 0.15) is 5.01 Å². The maximum atomic E-state index is 11.1. The lowest BCUT2D eigenvalue weighted by Gasteiger charge is -2.07. The zero-order valence-electron chi connectivity index (χ0n) is 10.00. The van der Waals surface area contributed by atoms with E-state index in [-0.39, 0.29) is 18.4 Å². The highest BCUT2D eigenvalue weighted by Gasteiger charge is 2.14. The van der Waals surface area contributed by atoms with Gasteiger partial charge in [-0.15, -0.1) is 11.3 Å². The smallest absolute Gasteiger partial charge is 0.311 e. The van der Waals surface area contributed by atoms with E-state index < -0.39 is 0 Å². The molecule has 5 heteroatoms. The van der Waals surface area contributed by atoms with Crippen LogP contribution in [0, 0.1) is 0 Å². The molecular formula is C13H14N2O2S. The number of hydrogen-bond acceptors (Lipinski definition) is 5. The standard InChI is InChI=1S/C13H14N2O2S/c1-17-11(16)7-10-8-18-13(15-10)12(14)9-5-3-2-4-6-9/h2-6,8,12H,7,14H2,1H3. The van der Waals surface area contributed by atoms with E-state index in [4.69, 9.17) is 5.73 Å². The van der Waals surface area contributed by atoms with E-state index in [0.29, 0.717) is 5.69 Å². The first kappa shape index (κ1) is 12.7. The van der Waals surface area contributed by atoms with Crippen LogP contribution in [-0.2, 0) is 16.0 Å². The van der Waals surface area contributed by atoms with Crippen molar-refractivity contribution in [2.45, 2.75) is 12.5 Å². The summed E-state index contributed by atoms with van der Waals surface area (Å²) in [6.07, 6.45) is 0.189. The minimum absolute atomic E-state index is 0.189. The van der Waals surface area contributed by atoms with Crippen molar-refractivity contribution in [3.8, 4) is 0 Å². The fourth-order valence-corrected chi connectivity index (χ4v) is 2.42. The largest absolute Gasteiger partial charge is 0.469 e. The second-order valence-electron chi connectivity index (χ2n) is 3.82. The molecule has 2 N–H and O–H groups in total. The van der Waals surface area contributed by atoms with Gasteiger partial charge in [0.25, 0.3) is 0 Å². The molecule has 0 aliphatic rings. The quantitative estimate of drug-likeness (QED) is 0.855. The van der Waals surface area contributed by atoms with Crippen molar-refractivity contribution in [1.82, 2.24) is 4.98 Å². The number of carbonyl (C=O) groups is 1. The Bertz CT molecular complexity index is 525. The Hall–Kier alpha value is -1.72. The van der Waals surface area contributed by atoms with Crippen LogP contribution < -0.4 is 5.73 Å². The molecule has 0 saturated heterocycles. The molecule has 0 saturated carbocycles. The van der Waals surface area contributed by atoms with Gasteiger partial charge in [-0.25, -0.2) is 4.98 Å². The van der Waals surface area contributed by atoms with Gasteiger partial charge in [-0.3, -0.25) is 4.79 Å². The highest BCUT2D eigenvalue weighted by atomic mass is 32.1. The molecule has 1 aromatic heterocycles. The molecule has 0 aliphatic carbocycles. The van der Waals surface area contributed by atoms with Crippen molar-refractivity contribution in [2.75, 3.05) is 7.11 Å². The van der Waals surface area contributed by atoms with Gasteiger partial charge in [0, 0.05) is 5.38 Å². The minimum Gasteiger partial charge on any atom is -0.469 e. The molecule has 1 atom stereocenters. The Morgan fingerprint density at radius 2 is 2.17 bits per heavy atom. The number of rotatable bonds is 4. The molecule has 0 aliphatic heterocycles. The first-order chi connectivity index (χ1) is 8.70. The molecule has 1 aromatic carbocycles. The number of benzene rings is 1. The molecular weight excluding hydrogens is 248 g/mol. The van der Waals surface area contributed by atoms with Crippen molar-refractivity contribution >= 4 is 17.3 Å². The average Bonchev–Trinajstić information content (AvgIpc) is 2.87. The Balaban J connectivity index is 2.12. The van der Waals surface area contributed by atoms with Crippen LogP contribution in [0.3, 0.4) is 0 Å². The third kappa shape index (κ3) is 2.94. The van der Waals surface area contributed by atoms with Crippen LogP contribution in [0.25, 0.3) is 0 Å². The summed E-state index contributed by atoms with van der Waals surface area (Å²) >= 11 is 1.46.